The van der Waals surface area contributed by atoms with Crippen molar-refractivity contribution in [1.29, 1.82) is 0 Å². The molecule has 0 aliphatic rings. The Hall–Kier alpha value is -3.82. The molecule has 3 aromatic rings. The minimum Gasteiger partial charge on any atom is -0.483 e. The Labute approximate surface area is 182 Å². The van der Waals surface area contributed by atoms with Gasteiger partial charge in [-0.25, -0.2) is 4.68 Å². The van der Waals surface area contributed by atoms with Crippen molar-refractivity contribution >= 4 is 11.8 Å². The summed E-state index contributed by atoms with van der Waals surface area (Å²) in [5.74, 6) is -1.28. The SMILES string of the molecule is Cc1cc(C)n(-c2ccc(CNC(=O)c3ccccc3OCC(N)=O)c(C(F)(F)F)c2)n1. The molecule has 10 heteroatoms. The van der Waals surface area contributed by atoms with E-state index in [1.807, 2.05) is 0 Å². The number of ether oxygens (including phenoxy) is 1. The summed E-state index contributed by atoms with van der Waals surface area (Å²) in [5.41, 5.74) is 5.79. The molecule has 2 aromatic carbocycles. The van der Waals surface area contributed by atoms with Crippen LogP contribution in [0.15, 0.2) is 48.5 Å². The topological polar surface area (TPSA) is 99.2 Å². The number of carbonyl (C=O) groups excluding carboxylic acids is 2. The largest absolute Gasteiger partial charge is 0.483 e. The van der Waals surface area contributed by atoms with E-state index in [1.165, 1.54) is 28.9 Å². The lowest BCUT2D eigenvalue weighted by Gasteiger charge is -2.16. The van der Waals surface area contributed by atoms with E-state index in [4.69, 9.17) is 10.5 Å². The predicted octanol–water partition coefficient (Wildman–Crippen LogP) is 3.30. The number of benzene rings is 2. The van der Waals surface area contributed by atoms with Crippen LogP contribution >= 0.6 is 0 Å². The molecule has 0 aliphatic carbocycles. The molecule has 2 amide bonds. The predicted molar refractivity (Wildman–Crippen MR) is 110 cm³/mol. The Balaban J connectivity index is 1.84. The Bertz CT molecular complexity index is 1160. The number of halogens is 3. The molecule has 0 atom stereocenters. The van der Waals surface area contributed by atoms with Gasteiger partial charge in [0.25, 0.3) is 11.8 Å². The summed E-state index contributed by atoms with van der Waals surface area (Å²) in [5, 5.41) is 6.69. The van der Waals surface area contributed by atoms with Crippen LogP contribution < -0.4 is 15.8 Å². The van der Waals surface area contributed by atoms with Gasteiger partial charge < -0.3 is 15.8 Å². The van der Waals surface area contributed by atoms with Crippen molar-refractivity contribution in [3.05, 3.63) is 76.6 Å². The first kappa shape index (κ1) is 22.9. The summed E-state index contributed by atoms with van der Waals surface area (Å²) in [4.78, 5) is 23.5. The molecule has 7 nitrogen and oxygen atoms in total. The van der Waals surface area contributed by atoms with Gasteiger partial charge in [-0.2, -0.15) is 18.3 Å². The van der Waals surface area contributed by atoms with Gasteiger partial charge in [0.05, 0.1) is 22.5 Å². The molecule has 0 aliphatic heterocycles. The lowest BCUT2D eigenvalue weighted by atomic mass is 10.1. The molecule has 1 aromatic heterocycles. The van der Waals surface area contributed by atoms with E-state index in [0.717, 1.165) is 6.07 Å². The van der Waals surface area contributed by atoms with Crippen molar-refractivity contribution in [3.63, 3.8) is 0 Å². The monoisotopic (exact) mass is 446 g/mol. The van der Waals surface area contributed by atoms with Gasteiger partial charge in [0.2, 0.25) is 0 Å². The lowest BCUT2D eigenvalue weighted by molar-refractivity contribution is -0.138. The number of aryl methyl sites for hydroxylation is 2. The van der Waals surface area contributed by atoms with E-state index < -0.39 is 30.2 Å². The van der Waals surface area contributed by atoms with Crippen LogP contribution in [0.4, 0.5) is 13.2 Å². The molecule has 0 unspecified atom stereocenters. The van der Waals surface area contributed by atoms with Crippen LogP contribution in [0, 0.1) is 13.8 Å². The number of rotatable bonds is 7. The van der Waals surface area contributed by atoms with Crippen molar-refractivity contribution in [2.45, 2.75) is 26.6 Å². The highest BCUT2D eigenvalue weighted by Gasteiger charge is 2.34. The molecule has 168 valence electrons. The number of nitrogens with two attached hydrogens (primary N) is 1. The fourth-order valence-electron chi connectivity index (χ4n) is 3.20. The van der Waals surface area contributed by atoms with E-state index in [-0.39, 0.29) is 29.1 Å². The van der Waals surface area contributed by atoms with Crippen LogP contribution in [0.25, 0.3) is 5.69 Å². The van der Waals surface area contributed by atoms with Gasteiger partial charge >= 0.3 is 6.18 Å². The summed E-state index contributed by atoms with van der Waals surface area (Å²) in [7, 11) is 0. The Kier molecular flexibility index (Phi) is 6.52. The van der Waals surface area contributed by atoms with E-state index >= 15 is 0 Å². The maximum Gasteiger partial charge on any atom is 0.416 e. The quantitative estimate of drug-likeness (QED) is 0.582. The van der Waals surface area contributed by atoms with E-state index in [9.17, 15) is 22.8 Å². The van der Waals surface area contributed by atoms with Gasteiger partial charge in [-0.1, -0.05) is 18.2 Å². The van der Waals surface area contributed by atoms with Gasteiger partial charge in [0.1, 0.15) is 5.75 Å². The maximum absolute atomic E-state index is 13.7. The van der Waals surface area contributed by atoms with Crippen LogP contribution in [0.5, 0.6) is 5.75 Å². The van der Waals surface area contributed by atoms with E-state index in [1.54, 1.807) is 32.0 Å². The lowest BCUT2D eigenvalue weighted by Crippen LogP contribution is -2.26. The molecule has 0 bridgehead atoms. The molecule has 0 fully saturated rings. The fourth-order valence-corrected chi connectivity index (χ4v) is 3.20. The zero-order valence-electron chi connectivity index (χ0n) is 17.4. The van der Waals surface area contributed by atoms with Crippen molar-refractivity contribution in [2.24, 2.45) is 5.73 Å². The normalized spacial score (nSPS) is 11.3. The molecule has 3 N–H and O–H groups in total. The van der Waals surface area contributed by atoms with Crippen LogP contribution in [0.3, 0.4) is 0 Å². The summed E-state index contributed by atoms with van der Waals surface area (Å²) in [6.07, 6.45) is -4.63. The average molecular weight is 446 g/mol. The zero-order valence-corrected chi connectivity index (χ0v) is 17.4. The zero-order chi connectivity index (χ0) is 23.5. The second-order valence-electron chi connectivity index (χ2n) is 7.11. The second kappa shape index (κ2) is 9.13. The maximum atomic E-state index is 13.7. The Morgan fingerprint density at radius 2 is 1.84 bits per heavy atom. The number of carbonyl (C=O) groups is 2. The van der Waals surface area contributed by atoms with E-state index in [0.29, 0.717) is 11.4 Å². The third kappa shape index (κ3) is 5.26. The summed E-state index contributed by atoms with van der Waals surface area (Å²) >= 11 is 0. The van der Waals surface area contributed by atoms with Crippen molar-refractivity contribution in [2.75, 3.05) is 6.61 Å². The Morgan fingerprint density at radius 1 is 1.12 bits per heavy atom. The third-order valence-corrected chi connectivity index (χ3v) is 4.59. The number of aromatic nitrogens is 2. The first-order valence-corrected chi connectivity index (χ1v) is 9.58. The molecule has 32 heavy (non-hydrogen) atoms. The fraction of sp³-hybridized carbons (Fsp3) is 0.227. The number of amides is 2. The van der Waals surface area contributed by atoms with Crippen LogP contribution in [0.2, 0.25) is 0 Å². The standard InChI is InChI=1S/C22H21F3N4O3/c1-13-9-14(2)29(28-13)16-8-7-15(18(10-16)22(23,24)25)11-27-21(31)17-5-3-4-6-19(17)32-12-20(26)30/h3-10H,11-12H2,1-2H3,(H2,26,30)(H,27,31). The summed E-state index contributed by atoms with van der Waals surface area (Å²) in [6.45, 7) is 2.70. The van der Waals surface area contributed by atoms with Crippen molar-refractivity contribution in [3.8, 4) is 11.4 Å². The number of para-hydroxylation sites is 1. The molecule has 1 heterocycles. The smallest absolute Gasteiger partial charge is 0.416 e. The van der Waals surface area contributed by atoms with Gasteiger partial charge in [0.15, 0.2) is 6.61 Å². The second-order valence-corrected chi connectivity index (χ2v) is 7.11. The van der Waals surface area contributed by atoms with Crippen LogP contribution in [-0.4, -0.2) is 28.2 Å². The van der Waals surface area contributed by atoms with Gasteiger partial charge in [-0.05, 0) is 49.7 Å². The number of alkyl halides is 3. The minimum atomic E-state index is -4.63. The highest BCUT2D eigenvalue weighted by atomic mass is 19.4. The molecule has 3 rings (SSSR count). The van der Waals surface area contributed by atoms with Crippen molar-refractivity contribution in [1.82, 2.24) is 15.1 Å². The van der Waals surface area contributed by atoms with Crippen LogP contribution in [0.1, 0.15) is 32.9 Å². The van der Waals surface area contributed by atoms with E-state index in [2.05, 4.69) is 10.4 Å². The Morgan fingerprint density at radius 3 is 2.47 bits per heavy atom. The minimum absolute atomic E-state index is 0.0709. The highest BCUT2D eigenvalue weighted by Crippen LogP contribution is 2.34. The third-order valence-electron chi connectivity index (χ3n) is 4.59. The number of primary amides is 1. The number of hydrogen-bond acceptors (Lipinski definition) is 4. The van der Waals surface area contributed by atoms with Gasteiger partial charge in [0, 0.05) is 12.2 Å². The van der Waals surface area contributed by atoms with Crippen LogP contribution in [-0.2, 0) is 17.5 Å². The first-order chi connectivity index (χ1) is 15.1. The number of nitrogens with one attached hydrogen (secondary N) is 1. The highest BCUT2D eigenvalue weighted by molar-refractivity contribution is 5.97. The van der Waals surface area contributed by atoms with Gasteiger partial charge in [-0.15, -0.1) is 0 Å². The molecule has 0 saturated carbocycles. The number of hydrogen-bond donors (Lipinski definition) is 2. The molecule has 0 spiro atoms. The number of nitrogens with zero attached hydrogens (tertiary/aromatic N) is 2. The molecule has 0 radical (unpaired) electrons. The first-order valence-electron chi connectivity index (χ1n) is 9.58. The van der Waals surface area contributed by atoms with Crippen molar-refractivity contribution < 1.29 is 27.5 Å². The molecular weight excluding hydrogens is 425 g/mol. The average Bonchev–Trinajstić information content (AvgIpc) is 3.07. The molecule has 0 saturated heterocycles. The summed E-state index contributed by atoms with van der Waals surface area (Å²) < 4.78 is 47.8. The summed E-state index contributed by atoms with van der Waals surface area (Å²) in [6, 6.07) is 11.6. The van der Waals surface area contributed by atoms with Gasteiger partial charge in [-0.3, -0.25) is 9.59 Å². The molecular formula is C22H21F3N4O3.